The van der Waals surface area contributed by atoms with Gasteiger partial charge in [0.15, 0.2) is 5.78 Å². The lowest BCUT2D eigenvalue weighted by atomic mass is 9.75. The van der Waals surface area contributed by atoms with Gasteiger partial charge in [-0.3, -0.25) is 4.79 Å². The highest BCUT2D eigenvalue weighted by molar-refractivity contribution is 6.09. The molecule has 0 unspecified atom stereocenters. The molecule has 4 aliphatic rings. The summed E-state index contributed by atoms with van der Waals surface area (Å²) >= 11 is 0. The molecule has 0 saturated carbocycles. The lowest BCUT2D eigenvalue weighted by Gasteiger charge is -2.32. The summed E-state index contributed by atoms with van der Waals surface area (Å²) in [6.07, 6.45) is 1.33. The molecule has 2 aromatic rings. The number of aliphatic hydroxyl groups excluding tert-OH is 1. The minimum absolute atomic E-state index is 0.0302. The van der Waals surface area contributed by atoms with E-state index < -0.39 is 17.8 Å². The van der Waals surface area contributed by atoms with Gasteiger partial charge in [-0.2, -0.15) is 0 Å². The molecular weight excluding hydrogens is 348 g/mol. The Hall–Kier alpha value is -2.67. The molecule has 2 N–H and O–H groups in total. The average Bonchev–Trinajstić information content (AvgIpc) is 3.42. The maximum Gasteiger partial charge on any atom is 0.189 e. The quantitative estimate of drug-likeness (QED) is 0.755. The first kappa shape index (κ1) is 15.4. The molecule has 6 rings (SSSR count). The summed E-state index contributed by atoms with van der Waals surface area (Å²) in [6.45, 7) is 0. The third-order valence-corrected chi connectivity index (χ3v) is 6.09. The molecule has 2 aromatic carbocycles. The normalized spacial score (nSPS) is 34.2. The average molecular weight is 364 g/mol. The van der Waals surface area contributed by atoms with Crippen molar-refractivity contribution in [2.75, 3.05) is 7.11 Å². The number of ether oxygens (including phenoxy) is 3. The number of carbonyl (C=O) groups is 1. The van der Waals surface area contributed by atoms with Crippen molar-refractivity contribution >= 4 is 5.78 Å². The first-order valence-electron chi connectivity index (χ1n) is 8.85. The number of aliphatic hydroxyl groups is 1. The van der Waals surface area contributed by atoms with Gasteiger partial charge in [-0.1, -0.05) is 18.2 Å². The summed E-state index contributed by atoms with van der Waals surface area (Å²) in [7, 11) is 1.53. The van der Waals surface area contributed by atoms with E-state index in [0.29, 0.717) is 22.4 Å². The number of methoxy groups -OCH3 is 1. The number of hydrogen-bond acceptors (Lipinski definition) is 6. The van der Waals surface area contributed by atoms with Gasteiger partial charge in [0.05, 0.1) is 12.7 Å². The number of benzene rings is 2. The fourth-order valence-corrected chi connectivity index (χ4v) is 4.89. The SMILES string of the molecule is COc1cccc2c1C(=O)C=C[C@]21O[C@@H]2c3c1ccc(O)c3[C@H](O)[C@@H]1O[C@@H]12. The van der Waals surface area contributed by atoms with E-state index in [2.05, 4.69) is 0 Å². The van der Waals surface area contributed by atoms with E-state index in [1.54, 1.807) is 24.3 Å². The lowest BCUT2D eigenvalue weighted by Crippen LogP contribution is -2.31. The number of allylic oxidation sites excluding steroid dienone is 1. The fourth-order valence-electron chi connectivity index (χ4n) is 4.89. The number of ketones is 1. The number of phenols is 1. The Labute approximate surface area is 154 Å². The van der Waals surface area contributed by atoms with Crippen LogP contribution in [-0.2, 0) is 15.1 Å². The van der Waals surface area contributed by atoms with Crippen LogP contribution in [0, 0.1) is 0 Å². The molecule has 0 radical (unpaired) electrons. The first-order valence-corrected chi connectivity index (χ1v) is 8.85. The molecule has 2 heterocycles. The zero-order valence-electron chi connectivity index (χ0n) is 14.4. The molecule has 0 bridgehead atoms. The highest BCUT2D eigenvalue weighted by Crippen LogP contribution is 2.62. The second-order valence-electron chi connectivity index (χ2n) is 7.32. The van der Waals surface area contributed by atoms with E-state index in [9.17, 15) is 15.0 Å². The zero-order chi connectivity index (χ0) is 18.5. The van der Waals surface area contributed by atoms with Gasteiger partial charge >= 0.3 is 0 Å². The Bertz CT molecular complexity index is 1060. The molecule has 5 atom stereocenters. The van der Waals surface area contributed by atoms with Gasteiger partial charge < -0.3 is 24.4 Å². The number of carbonyl (C=O) groups excluding carboxylic acids is 1. The summed E-state index contributed by atoms with van der Waals surface area (Å²) < 4.78 is 17.6. The molecule has 136 valence electrons. The summed E-state index contributed by atoms with van der Waals surface area (Å²) in [5, 5.41) is 21.0. The Morgan fingerprint density at radius 1 is 1.11 bits per heavy atom. The van der Waals surface area contributed by atoms with Crippen molar-refractivity contribution in [2.24, 2.45) is 0 Å². The smallest absolute Gasteiger partial charge is 0.189 e. The van der Waals surface area contributed by atoms with Crippen molar-refractivity contribution in [1.82, 2.24) is 0 Å². The molecule has 27 heavy (non-hydrogen) atoms. The minimum Gasteiger partial charge on any atom is -0.508 e. The Balaban J connectivity index is 1.67. The van der Waals surface area contributed by atoms with Crippen molar-refractivity contribution in [2.45, 2.75) is 30.0 Å². The number of fused-ring (bicyclic) bond motifs is 5. The summed E-state index contributed by atoms with van der Waals surface area (Å²) in [5.41, 5.74) is 2.21. The topological polar surface area (TPSA) is 88.5 Å². The van der Waals surface area contributed by atoms with Crippen LogP contribution in [0.5, 0.6) is 11.5 Å². The minimum atomic E-state index is -0.985. The third-order valence-electron chi connectivity index (χ3n) is 6.09. The molecule has 2 aliphatic heterocycles. The van der Waals surface area contributed by atoms with Crippen LogP contribution in [0.1, 0.15) is 44.8 Å². The molecule has 6 heteroatoms. The number of rotatable bonds is 1. The van der Waals surface area contributed by atoms with E-state index in [1.807, 2.05) is 12.1 Å². The van der Waals surface area contributed by atoms with Gasteiger partial charge in [0, 0.05) is 11.1 Å². The van der Waals surface area contributed by atoms with E-state index in [4.69, 9.17) is 14.2 Å². The van der Waals surface area contributed by atoms with Gasteiger partial charge in [-0.25, -0.2) is 0 Å². The van der Waals surface area contributed by atoms with Gasteiger partial charge in [-0.15, -0.1) is 0 Å². The van der Waals surface area contributed by atoms with Gasteiger partial charge in [0.1, 0.15) is 41.5 Å². The highest BCUT2D eigenvalue weighted by atomic mass is 16.6. The van der Waals surface area contributed by atoms with E-state index in [0.717, 1.165) is 11.1 Å². The fraction of sp³-hybridized carbons (Fsp3) is 0.286. The van der Waals surface area contributed by atoms with Crippen LogP contribution in [0.3, 0.4) is 0 Å². The zero-order valence-corrected chi connectivity index (χ0v) is 14.4. The molecule has 1 fully saturated rings. The highest BCUT2D eigenvalue weighted by Gasteiger charge is 2.63. The van der Waals surface area contributed by atoms with Crippen LogP contribution >= 0.6 is 0 Å². The van der Waals surface area contributed by atoms with Crippen molar-refractivity contribution in [3.05, 3.63) is 70.3 Å². The molecule has 1 spiro atoms. The molecule has 0 amide bonds. The Morgan fingerprint density at radius 2 is 1.96 bits per heavy atom. The predicted molar refractivity (Wildman–Crippen MR) is 92.8 cm³/mol. The Morgan fingerprint density at radius 3 is 2.78 bits per heavy atom. The third kappa shape index (κ3) is 1.69. The van der Waals surface area contributed by atoms with Crippen LogP contribution < -0.4 is 4.74 Å². The molecule has 2 aliphatic carbocycles. The standard InChI is InChI=1S/C21H16O6/c1-25-13-4-2-3-9-14(13)12(23)7-8-21(9)10-5-6-11(22)16-15(10)18(27-21)20-19(26-20)17(16)24/h2-8,17-20,22,24H,1H3/t17-,18+,19-,20+,21-/m0/s1. The van der Waals surface area contributed by atoms with Crippen LogP contribution in [0.2, 0.25) is 0 Å². The van der Waals surface area contributed by atoms with Crippen LogP contribution in [0.25, 0.3) is 0 Å². The van der Waals surface area contributed by atoms with E-state index in [-0.39, 0.29) is 23.7 Å². The first-order chi connectivity index (χ1) is 13.1. The van der Waals surface area contributed by atoms with Crippen molar-refractivity contribution in [3.63, 3.8) is 0 Å². The summed E-state index contributed by atoms with van der Waals surface area (Å²) in [4.78, 5) is 12.6. The molecule has 6 nitrogen and oxygen atoms in total. The number of phenolic OH excluding ortho intramolecular Hbond substituents is 1. The van der Waals surface area contributed by atoms with E-state index >= 15 is 0 Å². The van der Waals surface area contributed by atoms with Crippen molar-refractivity contribution in [3.8, 4) is 11.5 Å². The molecule has 1 saturated heterocycles. The van der Waals surface area contributed by atoms with E-state index in [1.165, 1.54) is 13.2 Å². The predicted octanol–water partition coefficient (Wildman–Crippen LogP) is 2.28. The second kappa shape index (κ2) is 4.78. The van der Waals surface area contributed by atoms with Gasteiger partial charge in [-0.05, 0) is 35.4 Å². The van der Waals surface area contributed by atoms with Crippen molar-refractivity contribution in [1.29, 1.82) is 0 Å². The van der Waals surface area contributed by atoms with Crippen LogP contribution in [0.15, 0.2) is 42.5 Å². The largest absolute Gasteiger partial charge is 0.508 e. The molecular formula is C21H16O6. The van der Waals surface area contributed by atoms with Crippen molar-refractivity contribution < 1.29 is 29.2 Å². The van der Waals surface area contributed by atoms with Crippen LogP contribution in [-0.4, -0.2) is 35.3 Å². The summed E-state index contributed by atoms with van der Waals surface area (Å²) in [5.74, 6) is 0.378. The lowest BCUT2D eigenvalue weighted by molar-refractivity contribution is -0.0335. The van der Waals surface area contributed by atoms with Gasteiger partial charge in [0.2, 0.25) is 0 Å². The monoisotopic (exact) mass is 364 g/mol. The number of hydrogen-bond donors (Lipinski definition) is 2. The number of aromatic hydroxyl groups is 1. The summed E-state index contributed by atoms with van der Waals surface area (Å²) in [6, 6.07) is 8.80. The Kier molecular flexibility index (Phi) is 2.73. The maximum atomic E-state index is 12.6. The second-order valence-corrected chi connectivity index (χ2v) is 7.32. The number of epoxide rings is 1. The maximum absolute atomic E-state index is 12.6. The molecule has 0 aromatic heterocycles. The van der Waals surface area contributed by atoms with Crippen LogP contribution in [0.4, 0.5) is 0 Å². The van der Waals surface area contributed by atoms with Gasteiger partial charge in [0.25, 0.3) is 0 Å².